The Balaban J connectivity index is 1.70. The third-order valence-corrected chi connectivity index (χ3v) is 4.02. The smallest absolute Gasteiger partial charge is 0.310 e. The molecule has 0 unspecified atom stereocenters. The minimum absolute atomic E-state index is 0.0656. The van der Waals surface area contributed by atoms with E-state index in [0.717, 1.165) is 11.1 Å². The molecular weight excluding hydrogens is 354 g/mol. The fourth-order valence-corrected chi connectivity index (χ4v) is 2.44. The quantitative estimate of drug-likeness (QED) is 0.715. The van der Waals surface area contributed by atoms with Gasteiger partial charge in [-0.3, -0.25) is 9.59 Å². The number of halogens is 1. The van der Waals surface area contributed by atoms with Crippen molar-refractivity contribution in [2.75, 3.05) is 6.61 Å². The molecule has 0 aromatic heterocycles. The van der Waals surface area contributed by atoms with E-state index in [2.05, 4.69) is 5.32 Å². The number of carbonyl (C=O) groups excluding carboxylic acids is 2. The van der Waals surface area contributed by atoms with Gasteiger partial charge in [-0.1, -0.05) is 41.9 Å². The minimum Gasteiger partial charge on any atom is -0.493 e. The summed E-state index contributed by atoms with van der Waals surface area (Å²) < 4.78 is 10.6. The van der Waals surface area contributed by atoms with Gasteiger partial charge in [-0.15, -0.1) is 0 Å². The van der Waals surface area contributed by atoms with Crippen LogP contribution < -0.4 is 10.1 Å². The Morgan fingerprint density at radius 3 is 2.65 bits per heavy atom. The van der Waals surface area contributed by atoms with Crippen molar-refractivity contribution in [3.05, 3.63) is 64.7 Å². The van der Waals surface area contributed by atoms with E-state index in [-0.39, 0.29) is 25.5 Å². The molecule has 0 heterocycles. The molecule has 6 heteroatoms. The van der Waals surface area contributed by atoms with Crippen LogP contribution in [0.15, 0.2) is 48.5 Å². The third-order valence-electron chi connectivity index (χ3n) is 3.65. The average molecular weight is 376 g/mol. The predicted molar refractivity (Wildman–Crippen MR) is 100 cm³/mol. The van der Waals surface area contributed by atoms with Crippen LogP contribution in [0.1, 0.15) is 24.5 Å². The first kappa shape index (κ1) is 19.8. The molecule has 0 aliphatic rings. The van der Waals surface area contributed by atoms with Gasteiger partial charge in [0.2, 0.25) is 0 Å². The van der Waals surface area contributed by atoms with Gasteiger partial charge in [0, 0.05) is 11.6 Å². The number of hydrogen-bond donors (Lipinski definition) is 1. The maximum absolute atomic E-state index is 12.0. The van der Waals surface area contributed by atoms with Crippen LogP contribution in [-0.4, -0.2) is 24.6 Å². The molecule has 0 aliphatic heterocycles. The van der Waals surface area contributed by atoms with Crippen molar-refractivity contribution < 1.29 is 19.1 Å². The first-order valence-corrected chi connectivity index (χ1v) is 8.73. The Hall–Kier alpha value is -2.53. The van der Waals surface area contributed by atoms with E-state index in [9.17, 15) is 9.59 Å². The highest BCUT2D eigenvalue weighted by Crippen LogP contribution is 2.14. The molecule has 1 amide bonds. The maximum atomic E-state index is 12.0. The molecule has 2 aromatic rings. The molecule has 0 radical (unpaired) electrons. The highest BCUT2D eigenvalue weighted by molar-refractivity contribution is 6.31. The Bertz CT molecular complexity index is 763. The van der Waals surface area contributed by atoms with Gasteiger partial charge < -0.3 is 14.8 Å². The summed E-state index contributed by atoms with van der Waals surface area (Å²) in [6.45, 7) is 3.96. The number of esters is 1. The van der Waals surface area contributed by atoms with Crippen molar-refractivity contribution in [3.63, 3.8) is 0 Å². The second kappa shape index (κ2) is 9.82. The first-order valence-electron chi connectivity index (χ1n) is 8.36. The summed E-state index contributed by atoms with van der Waals surface area (Å²) in [5.41, 5.74) is 1.88. The van der Waals surface area contributed by atoms with E-state index >= 15 is 0 Å². The van der Waals surface area contributed by atoms with Crippen LogP contribution in [0.5, 0.6) is 5.75 Å². The standard InChI is InChI=1S/C20H22ClNO4/c1-14-6-5-8-17(12-14)25-11-10-19(23)26-15(2)20(24)22-13-16-7-3-4-9-18(16)21/h3-9,12,15H,10-11,13H2,1-2H3,(H,22,24)/t15-/m1/s1. The molecule has 1 atom stereocenters. The molecule has 0 saturated heterocycles. The van der Waals surface area contributed by atoms with Crippen LogP contribution in [0.2, 0.25) is 5.02 Å². The van der Waals surface area contributed by atoms with Gasteiger partial charge >= 0.3 is 5.97 Å². The molecule has 0 aliphatic carbocycles. The SMILES string of the molecule is Cc1cccc(OCCC(=O)O[C@H](C)C(=O)NCc2ccccc2Cl)c1. The molecule has 0 bridgehead atoms. The van der Waals surface area contributed by atoms with Crippen molar-refractivity contribution in [2.24, 2.45) is 0 Å². The van der Waals surface area contributed by atoms with Crippen molar-refractivity contribution in [1.29, 1.82) is 0 Å². The Morgan fingerprint density at radius 1 is 1.15 bits per heavy atom. The summed E-state index contributed by atoms with van der Waals surface area (Å²) in [5.74, 6) is -0.167. The van der Waals surface area contributed by atoms with E-state index in [0.29, 0.717) is 10.8 Å². The van der Waals surface area contributed by atoms with E-state index in [1.807, 2.05) is 49.4 Å². The van der Waals surface area contributed by atoms with Crippen molar-refractivity contribution in [1.82, 2.24) is 5.32 Å². The predicted octanol–water partition coefficient (Wildman–Crippen LogP) is 3.67. The summed E-state index contributed by atoms with van der Waals surface area (Å²) >= 11 is 6.04. The first-order chi connectivity index (χ1) is 12.5. The highest BCUT2D eigenvalue weighted by atomic mass is 35.5. The number of ether oxygens (including phenoxy) is 2. The van der Waals surface area contributed by atoms with Crippen LogP contribution in [0.25, 0.3) is 0 Å². The van der Waals surface area contributed by atoms with Crippen molar-refractivity contribution >= 4 is 23.5 Å². The second-order valence-corrected chi connectivity index (χ2v) is 6.26. The summed E-state index contributed by atoms with van der Waals surface area (Å²) in [4.78, 5) is 23.9. The van der Waals surface area contributed by atoms with Gasteiger partial charge in [-0.25, -0.2) is 0 Å². The molecule has 2 rings (SSSR count). The van der Waals surface area contributed by atoms with Gasteiger partial charge in [-0.2, -0.15) is 0 Å². The van der Waals surface area contributed by atoms with Crippen molar-refractivity contribution in [3.8, 4) is 5.75 Å². The number of nitrogens with one attached hydrogen (secondary N) is 1. The van der Waals surface area contributed by atoms with Crippen LogP contribution in [-0.2, 0) is 20.9 Å². The van der Waals surface area contributed by atoms with E-state index < -0.39 is 12.1 Å². The Labute approximate surface area is 158 Å². The van der Waals surface area contributed by atoms with E-state index in [4.69, 9.17) is 21.1 Å². The second-order valence-electron chi connectivity index (χ2n) is 5.86. The third kappa shape index (κ3) is 6.41. The number of benzene rings is 2. The number of aryl methyl sites for hydroxylation is 1. The molecule has 5 nitrogen and oxygen atoms in total. The molecule has 26 heavy (non-hydrogen) atoms. The molecule has 0 fully saturated rings. The van der Waals surface area contributed by atoms with Crippen LogP contribution in [0.4, 0.5) is 0 Å². The summed E-state index contributed by atoms with van der Waals surface area (Å²) in [6.07, 6.45) is -0.820. The molecule has 138 valence electrons. The Morgan fingerprint density at radius 2 is 1.92 bits per heavy atom. The van der Waals surface area contributed by atoms with E-state index in [1.165, 1.54) is 6.92 Å². The number of hydrogen-bond acceptors (Lipinski definition) is 4. The lowest BCUT2D eigenvalue weighted by Gasteiger charge is -2.14. The summed E-state index contributed by atoms with van der Waals surface area (Å²) in [6, 6.07) is 14.8. The number of amides is 1. The molecule has 0 spiro atoms. The largest absolute Gasteiger partial charge is 0.493 e. The lowest BCUT2D eigenvalue weighted by Crippen LogP contribution is -2.35. The molecule has 1 N–H and O–H groups in total. The topological polar surface area (TPSA) is 64.6 Å². The average Bonchev–Trinajstić information content (AvgIpc) is 2.60. The van der Waals surface area contributed by atoms with E-state index in [1.54, 1.807) is 6.07 Å². The number of carbonyl (C=O) groups is 2. The molecule has 2 aromatic carbocycles. The van der Waals surface area contributed by atoms with Crippen LogP contribution in [0.3, 0.4) is 0 Å². The normalized spacial score (nSPS) is 11.5. The summed E-state index contributed by atoms with van der Waals surface area (Å²) in [5, 5.41) is 3.28. The zero-order valence-corrected chi connectivity index (χ0v) is 15.6. The zero-order valence-electron chi connectivity index (χ0n) is 14.8. The monoisotopic (exact) mass is 375 g/mol. The van der Waals surface area contributed by atoms with Gasteiger partial charge in [0.25, 0.3) is 5.91 Å². The Kier molecular flexibility index (Phi) is 7.48. The maximum Gasteiger partial charge on any atom is 0.310 e. The zero-order chi connectivity index (χ0) is 18.9. The lowest BCUT2D eigenvalue weighted by atomic mass is 10.2. The fourth-order valence-electron chi connectivity index (χ4n) is 2.23. The lowest BCUT2D eigenvalue weighted by molar-refractivity contribution is -0.155. The fraction of sp³-hybridized carbons (Fsp3) is 0.300. The van der Waals surface area contributed by atoms with Gasteiger partial charge in [0.05, 0.1) is 13.0 Å². The highest BCUT2D eigenvalue weighted by Gasteiger charge is 2.17. The molecular formula is C20H22ClNO4. The van der Waals surface area contributed by atoms with Gasteiger partial charge in [0.1, 0.15) is 5.75 Å². The van der Waals surface area contributed by atoms with Crippen LogP contribution in [0, 0.1) is 6.92 Å². The van der Waals surface area contributed by atoms with Gasteiger partial charge in [0.15, 0.2) is 6.10 Å². The minimum atomic E-state index is -0.885. The number of rotatable bonds is 8. The van der Waals surface area contributed by atoms with Crippen LogP contribution >= 0.6 is 11.6 Å². The van der Waals surface area contributed by atoms with Gasteiger partial charge in [-0.05, 0) is 43.2 Å². The molecule has 0 saturated carbocycles. The summed E-state index contributed by atoms with van der Waals surface area (Å²) in [7, 11) is 0. The van der Waals surface area contributed by atoms with Crippen molar-refractivity contribution in [2.45, 2.75) is 32.9 Å².